The van der Waals surface area contributed by atoms with Gasteiger partial charge in [-0.1, -0.05) is 55.0 Å². The minimum Gasteiger partial charge on any atom is -0.352 e. The fourth-order valence-electron chi connectivity index (χ4n) is 3.50. The van der Waals surface area contributed by atoms with E-state index < -0.39 is 6.04 Å². The van der Waals surface area contributed by atoms with Crippen molar-refractivity contribution in [1.82, 2.24) is 10.2 Å². The minimum atomic E-state index is -0.489. The first-order valence-electron chi connectivity index (χ1n) is 10.4. The van der Waals surface area contributed by atoms with Gasteiger partial charge in [-0.2, -0.15) is 0 Å². The molecule has 0 bridgehead atoms. The van der Waals surface area contributed by atoms with Gasteiger partial charge in [0.25, 0.3) is 0 Å². The van der Waals surface area contributed by atoms with Gasteiger partial charge in [0.05, 0.1) is 6.42 Å². The summed E-state index contributed by atoms with van der Waals surface area (Å²) in [6.07, 6.45) is 0.863. The second kappa shape index (κ2) is 10.2. The number of nitrogens with zero attached hydrogens (tertiary/aromatic N) is 1. The second-order valence-corrected chi connectivity index (χ2v) is 8.19. The molecule has 0 aliphatic heterocycles. The molecule has 4 heteroatoms. The van der Waals surface area contributed by atoms with Gasteiger partial charge in [-0.15, -0.1) is 0 Å². The van der Waals surface area contributed by atoms with Gasteiger partial charge in [-0.3, -0.25) is 9.59 Å². The van der Waals surface area contributed by atoms with Gasteiger partial charge in [-0.25, -0.2) is 0 Å². The number of rotatable bonds is 8. The summed E-state index contributed by atoms with van der Waals surface area (Å²) in [5.74, 6) is -0.121. The molecule has 2 rings (SSSR count). The lowest BCUT2D eigenvalue weighted by Gasteiger charge is -2.31. The number of amides is 2. The number of benzene rings is 2. The van der Waals surface area contributed by atoms with Crippen molar-refractivity contribution in [1.29, 1.82) is 0 Å². The molecule has 4 nitrogen and oxygen atoms in total. The van der Waals surface area contributed by atoms with Crippen molar-refractivity contribution in [2.45, 2.75) is 73.0 Å². The molecule has 0 heterocycles. The number of carbonyl (C=O) groups excluding carboxylic acids is 2. The Labute approximate surface area is 175 Å². The minimum absolute atomic E-state index is 0.0273. The van der Waals surface area contributed by atoms with Crippen molar-refractivity contribution in [3.05, 3.63) is 70.3 Å². The highest BCUT2D eigenvalue weighted by Crippen LogP contribution is 2.17. The average Bonchev–Trinajstić information content (AvgIpc) is 2.64. The Kier molecular flexibility index (Phi) is 8.00. The molecule has 0 aromatic heterocycles. The lowest BCUT2D eigenvalue weighted by Crippen LogP contribution is -2.50. The van der Waals surface area contributed by atoms with Crippen LogP contribution in [0, 0.1) is 20.8 Å². The van der Waals surface area contributed by atoms with Crippen molar-refractivity contribution in [3.8, 4) is 0 Å². The zero-order chi connectivity index (χ0) is 21.6. The van der Waals surface area contributed by atoms with Crippen LogP contribution in [-0.4, -0.2) is 28.8 Å². The normalized spacial score (nSPS) is 12.0. The third-order valence-corrected chi connectivity index (χ3v) is 5.18. The Bertz CT molecular complexity index is 858. The lowest BCUT2D eigenvalue weighted by atomic mass is 10.0. The van der Waals surface area contributed by atoms with Gasteiger partial charge in [0, 0.05) is 12.6 Å². The van der Waals surface area contributed by atoms with E-state index in [0.717, 1.165) is 16.7 Å². The van der Waals surface area contributed by atoms with Crippen LogP contribution in [0.25, 0.3) is 0 Å². The Hall–Kier alpha value is -2.62. The van der Waals surface area contributed by atoms with E-state index in [9.17, 15) is 9.59 Å². The van der Waals surface area contributed by atoms with Gasteiger partial charge in [0.2, 0.25) is 11.8 Å². The molecule has 0 aliphatic carbocycles. The van der Waals surface area contributed by atoms with Crippen LogP contribution in [0.2, 0.25) is 0 Å². The zero-order valence-electron chi connectivity index (χ0n) is 18.6. The maximum atomic E-state index is 13.3. The maximum absolute atomic E-state index is 13.3. The predicted octanol–water partition coefficient (Wildman–Crippen LogP) is 4.49. The number of hydrogen-bond acceptors (Lipinski definition) is 2. The predicted molar refractivity (Wildman–Crippen MR) is 119 cm³/mol. The van der Waals surface area contributed by atoms with Gasteiger partial charge >= 0.3 is 0 Å². The summed E-state index contributed by atoms with van der Waals surface area (Å²) in [6.45, 7) is 12.4. The highest BCUT2D eigenvalue weighted by molar-refractivity contribution is 5.88. The third-order valence-electron chi connectivity index (χ3n) is 5.18. The quantitative estimate of drug-likeness (QED) is 0.717. The Morgan fingerprint density at radius 1 is 0.966 bits per heavy atom. The Balaban J connectivity index is 2.31. The molecule has 1 unspecified atom stereocenters. The van der Waals surface area contributed by atoms with Crippen LogP contribution in [0.5, 0.6) is 0 Å². The molecule has 156 valence electrons. The van der Waals surface area contributed by atoms with E-state index in [1.165, 1.54) is 11.1 Å². The molecule has 0 saturated heterocycles. The SMILES string of the molecule is CCC(C(=O)NC(C)C)N(Cc1cccc(C)c1)C(=O)Cc1ccc(C)c(C)c1. The molecule has 0 saturated carbocycles. The van der Waals surface area contributed by atoms with Crippen molar-refractivity contribution < 1.29 is 9.59 Å². The van der Waals surface area contributed by atoms with E-state index in [2.05, 4.69) is 31.3 Å². The van der Waals surface area contributed by atoms with Crippen LogP contribution in [0.3, 0.4) is 0 Å². The zero-order valence-corrected chi connectivity index (χ0v) is 18.6. The number of hydrogen-bond donors (Lipinski definition) is 1. The van der Waals surface area contributed by atoms with E-state index in [4.69, 9.17) is 0 Å². The summed E-state index contributed by atoms with van der Waals surface area (Å²) in [7, 11) is 0. The van der Waals surface area contributed by atoms with Gasteiger partial charge in [0.15, 0.2) is 0 Å². The Morgan fingerprint density at radius 2 is 1.69 bits per heavy atom. The van der Waals surface area contributed by atoms with Gasteiger partial charge in [-0.05, 0) is 63.3 Å². The summed E-state index contributed by atoms with van der Waals surface area (Å²) < 4.78 is 0. The van der Waals surface area contributed by atoms with Crippen LogP contribution < -0.4 is 5.32 Å². The summed E-state index contributed by atoms with van der Waals surface area (Å²) in [4.78, 5) is 27.9. The standard InChI is InChI=1S/C25H34N2O2/c1-7-23(25(29)26-17(2)3)27(16-22-10-8-9-18(4)13-22)24(28)15-21-12-11-19(5)20(6)14-21/h8-14,17,23H,7,15-16H2,1-6H3,(H,26,29). The van der Waals surface area contributed by atoms with Crippen LogP contribution >= 0.6 is 0 Å². The van der Waals surface area contributed by atoms with E-state index in [1.807, 2.05) is 58.0 Å². The molecule has 0 spiro atoms. The summed E-state index contributed by atoms with van der Waals surface area (Å²) >= 11 is 0. The monoisotopic (exact) mass is 394 g/mol. The summed E-state index contributed by atoms with van der Waals surface area (Å²) in [5.41, 5.74) is 5.54. The van der Waals surface area contributed by atoms with Crippen LogP contribution in [0.15, 0.2) is 42.5 Å². The largest absolute Gasteiger partial charge is 0.352 e. The van der Waals surface area contributed by atoms with Crippen molar-refractivity contribution in [2.75, 3.05) is 0 Å². The first-order chi connectivity index (χ1) is 13.7. The lowest BCUT2D eigenvalue weighted by molar-refractivity contribution is -0.141. The molecule has 29 heavy (non-hydrogen) atoms. The van der Waals surface area contributed by atoms with Crippen LogP contribution in [-0.2, 0) is 22.6 Å². The molecule has 0 aliphatic rings. The molecule has 2 aromatic rings. The number of aryl methyl sites for hydroxylation is 3. The topological polar surface area (TPSA) is 49.4 Å². The first kappa shape index (κ1) is 22.7. The van der Waals surface area contributed by atoms with Crippen molar-refractivity contribution in [3.63, 3.8) is 0 Å². The fraction of sp³-hybridized carbons (Fsp3) is 0.440. The third kappa shape index (κ3) is 6.45. The highest BCUT2D eigenvalue weighted by atomic mass is 16.2. The van der Waals surface area contributed by atoms with Crippen LogP contribution in [0.1, 0.15) is 55.0 Å². The molecule has 0 fully saturated rings. The number of carbonyl (C=O) groups is 2. The second-order valence-electron chi connectivity index (χ2n) is 8.19. The van der Waals surface area contributed by atoms with E-state index in [-0.39, 0.29) is 17.9 Å². The summed E-state index contributed by atoms with van der Waals surface area (Å²) in [6, 6.07) is 13.8. The smallest absolute Gasteiger partial charge is 0.243 e. The van der Waals surface area contributed by atoms with Gasteiger partial charge in [0.1, 0.15) is 6.04 Å². The van der Waals surface area contributed by atoms with Crippen molar-refractivity contribution in [2.24, 2.45) is 0 Å². The molecule has 0 radical (unpaired) electrons. The van der Waals surface area contributed by atoms with E-state index >= 15 is 0 Å². The van der Waals surface area contributed by atoms with E-state index in [1.54, 1.807) is 4.90 Å². The molecule has 1 N–H and O–H groups in total. The van der Waals surface area contributed by atoms with Gasteiger partial charge < -0.3 is 10.2 Å². The molecule has 2 amide bonds. The van der Waals surface area contributed by atoms with Crippen LogP contribution in [0.4, 0.5) is 0 Å². The highest BCUT2D eigenvalue weighted by Gasteiger charge is 2.29. The number of nitrogens with one attached hydrogen (secondary N) is 1. The first-order valence-corrected chi connectivity index (χ1v) is 10.4. The average molecular weight is 395 g/mol. The molecule has 2 aromatic carbocycles. The maximum Gasteiger partial charge on any atom is 0.243 e. The van der Waals surface area contributed by atoms with Crippen molar-refractivity contribution >= 4 is 11.8 Å². The fourth-order valence-corrected chi connectivity index (χ4v) is 3.50. The summed E-state index contributed by atoms with van der Waals surface area (Å²) in [5, 5.41) is 2.97. The van der Waals surface area contributed by atoms with E-state index in [0.29, 0.717) is 19.4 Å². The molecular weight excluding hydrogens is 360 g/mol. The Morgan fingerprint density at radius 3 is 2.28 bits per heavy atom. The molecule has 1 atom stereocenters. The molecular formula is C25H34N2O2.